The lowest BCUT2D eigenvalue weighted by molar-refractivity contribution is 0.0777. The van der Waals surface area contributed by atoms with E-state index in [1.165, 1.54) is 19.3 Å². The van der Waals surface area contributed by atoms with Crippen LogP contribution in [0.2, 0.25) is 0 Å². The number of aliphatic imine (C=N–C) groups is 1. The van der Waals surface area contributed by atoms with Crippen LogP contribution in [0.3, 0.4) is 0 Å². The van der Waals surface area contributed by atoms with E-state index in [1.807, 2.05) is 38.1 Å². The van der Waals surface area contributed by atoms with Crippen molar-refractivity contribution in [1.82, 2.24) is 10.6 Å². The second-order valence-corrected chi connectivity index (χ2v) is 7.45. The van der Waals surface area contributed by atoms with Gasteiger partial charge in [0.1, 0.15) is 18.5 Å². The summed E-state index contributed by atoms with van der Waals surface area (Å²) in [7, 11) is 1.75. The molecule has 0 bridgehead atoms. The van der Waals surface area contributed by atoms with Crippen molar-refractivity contribution in [3.8, 4) is 5.75 Å². The normalized spacial score (nSPS) is 16.5. The Balaban J connectivity index is 0.00000392. The number of hydrogen-bond acceptors (Lipinski definition) is 4. The predicted octanol–water partition coefficient (Wildman–Crippen LogP) is 3.11. The van der Waals surface area contributed by atoms with Crippen molar-refractivity contribution in [2.24, 2.45) is 10.4 Å². The van der Waals surface area contributed by atoms with Crippen LogP contribution in [0.5, 0.6) is 5.75 Å². The molecule has 0 spiro atoms. The van der Waals surface area contributed by atoms with Gasteiger partial charge in [-0.15, -0.1) is 24.0 Å². The number of benzene rings is 1. The number of methoxy groups -OCH3 is 1. The Labute approximate surface area is 186 Å². The number of aryl methyl sites for hydroxylation is 1. The summed E-state index contributed by atoms with van der Waals surface area (Å²) in [4.78, 5) is 4.75. The Bertz CT molecular complexity index is 594. The van der Waals surface area contributed by atoms with Crippen LogP contribution in [0.4, 0.5) is 0 Å². The molecule has 1 atom stereocenters. The minimum absolute atomic E-state index is 0. The van der Waals surface area contributed by atoms with Gasteiger partial charge >= 0.3 is 0 Å². The summed E-state index contributed by atoms with van der Waals surface area (Å²) in [5.41, 5.74) is 1.42. The van der Waals surface area contributed by atoms with Gasteiger partial charge in [-0.1, -0.05) is 18.6 Å². The van der Waals surface area contributed by atoms with E-state index in [1.54, 1.807) is 7.11 Å². The van der Waals surface area contributed by atoms with E-state index in [0.29, 0.717) is 6.54 Å². The van der Waals surface area contributed by atoms with Gasteiger partial charge in [0.2, 0.25) is 0 Å². The van der Waals surface area contributed by atoms with Crippen LogP contribution >= 0.6 is 24.0 Å². The summed E-state index contributed by atoms with van der Waals surface area (Å²) >= 11 is 0. The SMILES string of the molecule is CCNC(=NCC1(CCOC)CCC1)NCC(O)COc1cccc(C)c1.I. The zero-order valence-corrected chi connectivity index (χ0v) is 19.7. The van der Waals surface area contributed by atoms with E-state index in [-0.39, 0.29) is 36.0 Å². The van der Waals surface area contributed by atoms with Gasteiger partial charge < -0.3 is 25.2 Å². The molecule has 0 saturated heterocycles. The van der Waals surface area contributed by atoms with Gasteiger partial charge in [-0.05, 0) is 56.2 Å². The maximum absolute atomic E-state index is 10.2. The van der Waals surface area contributed by atoms with Crippen LogP contribution in [0.1, 0.15) is 38.2 Å². The minimum Gasteiger partial charge on any atom is -0.491 e. The Morgan fingerprint density at radius 2 is 2.11 bits per heavy atom. The number of rotatable bonds is 11. The van der Waals surface area contributed by atoms with Gasteiger partial charge in [0.15, 0.2) is 5.96 Å². The molecule has 1 aromatic rings. The van der Waals surface area contributed by atoms with Crippen molar-refractivity contribution in [3.63, 3.8) is 0 Å². The van der Waals surface area contributed by atoms with Gasteiger partial charge in [0.05, 0.1) is 0 Å². The molecule has 1 unspecified atom stereocenters. The largest absolute Gasteiger partial charge is 0.491 e. The molecule has 0 amide bonds. The van der Waals surface area contributed by atoms with Crippen molar-refractivity contribution < 1.29 is 14.6 Å². The fourth-order valence-electron chi connectivity index (χ4n) is 3.24. The molecule has 6 nitrogen and oxygen atoms in total. The summed E-state index contributed by atoms with van der Waals surface area (Å²) in [6.45, 7) is 7.06. The maximum Gasteiger partial charge on any atom is 0.191 e. The summed E-state index contributed by atoms with van der Waals surface area (Å²) in [6.07, 6.45) is 4.15. The van der Waals surface area contributed by atoms with Crippen LogP contribution in [-0.2, 0) is 4.74 Å². The number of ether oxygens (including phenoxy) is 2. The topological polar surface area (TPSA) is 75.1 Å². The molecular weight excluding hydrogens is 469 g/mol. The van der Waals surface area contributed by atoms with E-state index in [0.717, 1.165) is 43.4 Å². The molecule has 0 heterocycles. The molecule has 0 aliphatic heterocycles. The highest BCUT2D eigenvalue weighted by Gasteiger charge is 2.36. The quantitative estimate of drug-likeness (QED) is 0.245. The number of hydrogen-bond donors (Lipinski definition) is 3. The van der Waals surface area contributed by atoms with Gasteiger partial charge in [0.25, 0.3) is 0 Å². The molecule has 7 heteroatoms. The number of halogens is 1. The molecule has 1 aliphatic rings. The van der Waals surface area contributed by atoms with Crippen molar-refractivity contribution in [2.45, 2.75) is 45.6 Å². The summed E-state index contributed by atoms with van der Waals surface area (Å²) < 4.78 is 10.9. The first-order chi connectivity index (χ1) is 13.1. The number of aliphatic hydroxyl groups is 1. The first-order valence-electron chi connectivity index (χ1n) is 9.95. The van der Waals surface area contributed by atoms with E-state index in [2.05, 4.69) is 10.6 Å². The molecule has 0 aromatic heterocycles. The minimum atomic E-state index is -0.611. The molecule has 1 fully saturated rings. The Morgan fingerprint density at radius 1 is 1.32 bits per heavy atom. The van der Waals surface area contributed by atoms with Crippen LogP contribution in [-0.4, -0.2) is 57.1 Å². The molecular formula is C21H36IN3O3. The van der Waals surface area contributed by atoms with Crippen molar-refractivity contribution in [2.75, 3.05) is 40.0 Å². The molecule has 0 radical (unpaired) electrons. The first kappa shape index (κ1) is 25.0. The lowest BCUT2D eigenvalue weighted by Gasteiger charge is -2.40. The third-order valence-corrected chi connectivity index (χ3v) is 5.10. The summed E-state index contributed by atoms with van der Waals surface area (Å²) in [5, 5.41) is 16.7. The van der Waals surface area contributed by atoms with Crippen LogP contribution < -0.4 is 15.4 Å². The molecule has 2 rings (SSSR count). The second-order valence-electron chi connectivity index (χ2n) is 7.45. The molecule has 1 saturated carbocycles. The molecule has 1 aliphatic carbocycles. The Kier molecular flexibility index (Phi) is 11.8. The maximum atomic E-state index is 10.2. The standard InChI is InChI=1S/C21H35N3O3.HI/c1-4-22-20(24-16-21(9-6-10-21)11-12-26-3)23-14-18(25)15-27-19-8-5-7-17(2)13-19;/h5,7-8,13,18,25H,4,6,9-12,14-16H2,1-3H3,(H2,22,23,24);1H. The lowest BCUT2D eigenvalue weighted by Crippen LogP contribution is -2.44. The zero-order valence-electron chi connectivity index (χ0n) is 17.4. The number of nitrogens with one attached hydrogen (secondary N) is 2. The van der Waals surface area contributed by atoms with E-state index in [9.17, 15) is 5.11 Å². The van der Waals surface area contributed by atoms with E-state index >= 15 is 0 Å². The highest BCUT2D eigenvalue weighted by molar-refractivity contribution is 14.0. The van der Waals surface area contributed by atoms with E-state index < -0.39 is 6.10 Å². The zero-order chi connectivity index (χ0) is 19.5. The lowest BCUT2D eigenvalue weighted by atomic mass is 9.67. The van der Waals surface area contributed by atoms with Crippen LogP contribution in [0.25, 0.3) is 0 Å². The average molecular weight is 505 g/mol. The summed E-state index contributed by atoms with van der Waals surface area (Å²) in [6, 6.07) is 7.83. The molecule has 28 heavy (non-hydrogen) atoms. The fraction of sp³-hybridized carbons (Fsp3) is 0.667. The average Bonchev–Trinajstić information content (AvgIpc) is 2.63. The molecule has 1 aromatic carbocycles. The Hall–Kier alpha value is -1.06. The van der Waals surface area contributed by atoms with Crippen molar-refractivity contribution in [3.05, 3.63) is 29.8 Å². The van der Waals surface area contributed by atoms with Gasteiger partial charge in [-0.3, -0.25) is 4.99 Å². The van der Waals surface area contributed by atoms with Gasteiger partial charge in [-0.2, -0.15) is 0 Å². The highest BCUT2D eigenvalue weighted by Crippen LogP contribution is 2.44. The molecule has 3 N–H and O–H groups in total. The third kappa shape index (κ3) is 8.53. The first-order valence-corrected chi connectivity index (χ1v) is 9.95. The second kappa shape index (κ2) is 13.2. The fourth-order valence-corrected chi connectivity index (χ4v) is 3.24. The number of aliphatic hydroxyl groups excluding tert-OH is 1. The monoisotopic (exact) mass is 505 g/mol. The molecule has 160 valence electrons. The Morgan fingerprint density at radius 3 is 2.71 bits per heavy atom. The smallest absolute Gasteiger partial charge is 0.191 e. The van der Waals surface area contributed by atoms with Crippen LogP contribution in [0, 0.1) is 12.3 Å². The van der Waals surface area contributed by atoms with Gasteiger partial charge in [-0.25, -0.2) is 0 Å². The van der Waals surface area contributed by atoms with Crippen molar-refractivity contribution in [1.29, 1.82) is 0 Å². The van der Waals surface area contributed by atoms with E-state index in [4.69, 9.17) is 14.5 Å². The summed E-state index contributed by atoms with van der Waals surface area (Å²) in [5.74, 6) is 1.52. The highest BCUT2D eigenvalue weighted by atomic mass is 127. The van der Waals surface area contributed by atoms with Gasteiger partial charge in [0, 0.05) is 33.4 Å². The number of nitrogens with zero attached hydrogens (tertiary/aromatic N) is 1. The number of guanidine groups is 1. The van der Waals surface area contributed by atoms with Crippen LogP contribution in [0.15, 0.2) is 29.3 Å². The predicted molar refractivity (Wildman–Crippen MR) is 125 cm³/mol. The van der Waals surface area contributed by atoms with Crippen molar-refractivity contribution >= 4 is 29.9 Å². The third-order valence-electron chi connectivity index (χ3n) is 5.10.